The predicted octanol–water partition coefficient (Wildman–Crippen LogP) is 4.52. The molecule has 1 aromatic heterocycles. The zero-order valence-corrected chi connectivity index (χ0v) is 12.2. The van der Waals surface area contributed by atoms with Crippen molar-refractivity contribution < 1.29 is 0 Å². The Kier molecular flexibility index (Phi) is 4.75. The molecule has 1 heterocycles. The van der Waals surface area contributed by atoms with Crippen LogP contribution in [0.25, 0.3) is 10.6 Å². The van der Waals surface area contributed by atoms with Gasteiger partial charge < -0.3 is 5.32 Å². The molecular formula is C14H17ClN2S. The first-order valence-corrected chi connectivity index (χ1v) is 7.41. The Hall–Kier alpha value is -0.900. The molecular weight excluding hydrogens is 264 g/mol. The fraction of sp³-hybridized carbons (Fsp3) is 0.357. The molecule has 0 bridgehead atoms. The van der Waals surface area contributed by atoms with Crippen molar-refractivity contribution in [3.8, 4) is 10.6 Å². The molecule has 0 saturated heterocycles. The van der Waals surface area contributed by atoms with Gasteiger partial charge in [-0.2, -0.15) is 0 Å². The van der Waals surface area contributed by atoms with Gasteiger partial charge in [0.15, 0.2) is 0 Å². The van der Waals surface area contributed by atoms with E-state index in [1.807, 2.05) is 24.3 Å². The van der Waals surface area contributed by atoms with Crippen LogP contribution in [0.5, 0.6) is 0 Å². The van der Waals surface area contributed by atoms with E-state index in [0.29, 0.717) is 6.04 Å². The third-order valence-corrected chi connectivity index (χ3v) is 3.88. The Labute approximate surface area is 117 Å². The number of nitrogens with zero attached hydrogens (tertiary/aromatic N) is 1. The third kappa shape index (κ3) is 3.31. The molecule has 0 aliphatic heterocycles. The lowest BCUT2D eigenvalue weighted by Gasteiger charge is -2.09. The van der Waals surface area contributed by atoms with Gasteiger partial charge in [-0.1, -0.05) is 30.7 Å². The summed E-state index contributed by atoms with van der Waals surface area (Å²) in [7, 11) is 0. The summed E-state index contributed by atoms with van der Waals surface area (Å²) < 4.78 is 0. The van der Waals surface area contributed by atoms with E-state index in [9.17, 15) is 0 Å². The quantitative estimate of drug-likeness (QED) is 0.871. The van der Waals surface area contributed by atoms with E-state index in [1.165, 1.54) is 0 Å². The maximum Gasteiger partial charge on any atom is 0.123 e. The number of hydrogen-bond donors (Lipinski definition) is 1. The van der Waals surface area contributed by atoms with Crippen LogP contribution < -0.4 is 5.32 Å². The summed E-state index contributed by atoms with van der Waals surface area (Å²) in [6.45, 7) is 5.33. The molecule has 2 nitrogen and oxygen atoms in total. The van der Waals surface area contributed by atoms with Crippen LogP contribution in [0, 0.1) is 0 Å². The monoisotopic (exact) mass is 280 g/mol. The second-order valence-electron chi connectivity index (χ2n) is 4.26. The second-order valence-corrected chi connectivity index (χ2v) is 5.56. The topological polar surface area (TPSA) is 24.9 Å². The smallest absolute Gasteiger partial charge is 0.123 e. The highest BCUT2D eigenvalue weighted by Gasteiger charge is 2.10. The van der Waals surface area contributed by atoms with Crippen LogP contribution in [0.15, 0.2) is 29.6 Å². The Morgan fingerprint density at radius 3 is 3.00 bits per heavy atom. The SMILES string of the molecule is CCCNC(C)c1csc(-c2cccc(Cl)c2)n1. The molecule has 0 aliphatic carbocycles. The van der Waals surface area contributed by atoms with Crippen molar-refractivity contribution in [2.24, 2.45) is 0 Å². The van der Waals surface area contributed by atoms with Gasteiger partial charge in [0.25, 0.3) is 0 Å². The Bertz CT molecular complexity index is 510. The molecule has 96 valence electrons. The van der Waals surface area contributed by atoms with E-state index in [1.54, 1.807) is 11.3 Å². The number of benzene rings is 1. The van der Waals surface area contributed by atoms with E-state index in [-0.39, 0.29) is 0 Å². The molecule has 1 unspecified atom stereocenters. The van der Waals surface area contributed by atoms with E-state index in [0.717, 1.165) is 34.3 Å². The molecule has 0 aliphatic rings. The zero-order chi connectivity index (χ0) is 13.0. The van der Waals surface area contributed by atoms with Crippen LogP contribution in [-0.4, -0.2) is 11.5 Å². The molecule has 4 heteroatoms. The molecule has 2 aromatic rings. The average Bonchev–Trinajstić information content (AvgIpc) is 2.85. The minimum atomic E-state index is 0.300. The fourth-order valence-corrected chi connectivity index (χ4v) is 2.81. The zero-order valence-electron chi connectivity index (χ0n) is 10.6. The summed E-state index contributed by atoms with van der Waals surface area (Å²) in [5.74, 6) is 0. The van der Waals surface area contributed by atoms with Crippen LogP contribution in [0.1, 0.15) is 32.0 Å². The fourth-order valence-electron chi connectivity index (χ4n) is 1.70. The second kappa shape index (κ2) is 6.32. The molecule has 0 spiro atoms. The average molecular weight is 281 g/mol. The van der Waals surface area contributed by atoms with Crippen molar-refractivity contribution in [1.82, 2.24) is 10.3 Å². The summed E-state index contributed by atoms with van der Waals surface area (Å²) in [4.78, 5) is 4.67. The van der Waals surface area contributed by atoms with E-state index >= 15 is 0 Å². The van der Waals surface area contributed by atoms with Crippen molar-refractivity contribution in [1.29, 1.82) is 0 Å². The van der Waals surface area contributed by atoms with Gasteiger partial charge in [-0.05, 0) is 32.0 Å². The van der Waals surface area contributed by atoms with E-state index in [4.69, 9.17) is 11.6 Å². The van der Waals surface area contributed by atoms with Crippen LogP contribution in [0.4, 0.5) is 0 Å². The molecule has 0 amide bonds. The maximum absolute atomic E-state index is 6.00. The van der Waals surface area contributed by atoms with Crippen molar-refractivity contribution in [3.05, 3.63) is 40.4 Å². The van der Waals surface area contributed by atoms with Gasteiger partial charge in [-0.15, -0.1) is 11.3 Å². The highest BCUT2D eigenvalue weighted by atomic mass is 35.5. The summed E-state index contributed by atoms with van der Waals surface area (Å²) >= 11 is 7.66. The summed E-state index contributed by atoms with van der Waals surface area (Å²) in [5, 5.41) is 7.33. The summed E-state index contributed by atoms with van der Waals surface area (Å²) in [5.41, 5.74) is 2.19. The molecule has 0 radical (unpaired) electrons. The van der Waals surface area contributed by atoms with Gasteiger partial charge >= 0.3 is 0 Å². The Morgan fingerprint density at radius 1 is 1.44 bits per heavy atom. The molecule has 18 heavy (non-hydrogen) atoms. The van der Waals surface area contributed by atoms with Crippen molar-refractivity contribution in [2.45, 2.75) is 26.3 Å². The largest absolute Gasteiger partial charge is 0.309 e. The Morgan fingerprint density at radius 2 is 2.28 bits per heavy atom. The number of nitrogens with one attached hydrogen (secondary N) is 1. The minimum Gasteiger partial charge on any atom is -0.309 e. The van der Waals surface area contributed by atoms with Gasteiger partial charge in [0, 0.05) is 22.0 Å². The lowest BCUT2D eigenvalue weighted by Crippen LogP contribution is -2.19. The lowest BCUT2D eigenvalue weighted by atomic mass is 10.2. The van der Waals surface area contributed by atoms with Gasteiger partial charge in [0.05, 0.1) is 5.69 Å². The van der Waals surface area contributed by atoms with Crippen LogP contribution in [0.2, 0.25) is 5.02 Å². The van der Waals surface area contributed by atoms with Gasteiger partial charge in [0.2, 0.25) is 0 Å². The molecule has 0 fully saturated rings. The highest BCUT2D eigenvalue weighted by molar-refractivity contribution is 7.13. The molecule has 1 atom stereocenters. The molecule has 1 aromatic carbocycles. The van der Waals surface area contributed by atoms with Crippen molar-refractivity contribution >= 4 is 22.9 Å². The number of thiazole rings is 1. The maximum atomic E-state index is 6.00. The van der Waals surface area contributed by atoms with Crippen LogP contribution in [-0.2, 0) is 0 Å². The van der Waals surface area contributed by atoms with Crippen molar-refractivity contribution in [3.63, 3.8) is 0 Å². The summed E-state index contributed by atoms with van der Waals surface area (Å²) in [6.07, 6.45) is 1.13. The van der Waals surface area contributed by atoms with Crippen LogP contribution >= 0.6 is 22.9 Å². The third-order valence-electron chi connectivity index (χ3n) is 2.74. The molecule has 0 saturated carbocycles. The number of rotatable bonds is 5. The van der Waals surface area contributed by atoms with E-state index < -0.39 is 0 Å². The Balaban J connectivity index is 2.15. The van der Waals surface area contributed by atoms with Crippen molar-refractivity contribution in [2.75, 3.05) is 6.54 Å². The highest BCUT2D eigenvalue weighted by Crippen LogP contribution is 2.27. The van der Waals surface area contributed by atoms with Gasteiger partial charge in [0.1, 0.15) is 5.01 Å². The van der Waals surface area contributed by atoms with Gasteiger partial charge in [-0.3, -0.25) is 0 Å². The first-order chi connectivity index (χ1) is 8.70. The first kappa shape index (κ1) is 13.5. The minimum absolute atomic E-state index is 0.300. The van der Waals surface area contributed by atoms with Crippen LogP contribution in [0.3, 0.4) is 0 Å². The first-order valence-electron chi connectivity index (χ1n) is 6.15. The molecule has 1 N–H and O–H groups in total. The lowest BCUT2D eigenvalue weighted by molar-refractivity contribution is 0.561. The molecule has 2 rings (SSSR count). The summed E-state index contributed by atoms with van der Waals surface area (Å²) in [6, 6.07) is 8.13. The number of hydrogen-bond acceptors (Lipinski definition) is 3. The standard InChI is InChI=1S/C14H17ClN2S/c1-3-7-16-10(2)13-9-18-14(17-13)11-5-4-6-12(15)8-11/h4-6,8-10,16H,3,7H2,1-2H3. The number of aromatic nitrogens is 1. The van der Waals surface area contributed by atoms with E-state index in [2.05, 4.69) is 29.5 Å². The normalized spacial score (nSPS) is 12.6. The predicted molar refractivity (Wildman–Crippen MR) is 79.3 cm³/mol. The van der Waals surface area contributed by atoms with Gasteiger partial charge in [-0.25, -0.2) is 4.98 Å². The number of halogens is 1.